The molecule has 3 heteroatoms. The van der Waals surface area contributed by atoms with E-state index in [9.17, 15) is 0 Å². The predicted molar refractivity (Wildman–Crippen MR) is 80.2 cm³/mol. The Bertz CT molecular complexity index is 460. The van der Waals surface area contributed by atoms with Gasteiger partial charge in [-0.3, -0.25) is 0 Å². The third kappa shape index (κ3) is 2.64. The van der Waals surface area contributed by atoms with Crippen LogP contribution in [0.4, 0.5) is 0 Å². The summed E-state index contributed by atoms with van der Waals surface area (Å²) >= 11 is 0. The molecule has 0 aliphatic heterocycles. The maximum atomic E-state index is 6.55. The molecule has 2 N–H and O–H groups in total. The fraction of sp³-hybridized carbons (Fsp3) is 0.647. The molecule has 0 spiro atoms. The molecule has 0 atom stereocenters. The van der Waals surface area contributed by atoms with Crippen molar-refractivity contribution in [1.82, 2.24) is 0 Å². The molecule has 0 aromatic heterocycles. The lowest BCUT2D eigenvalue weighted by Gasteiger charge is -2.26. The zero-order valence-corrected chi connectivity index (χ0v) is 12.4. The van der Waals surface area contributed by atoms with Gasteiger partial charge in [0, 0.05) is 5.54 Å². The molecular weight excluding hydrogens is 250 g/mol. The Morgan fingerprint density at radius 3 is 2.40 bits per heavy atom. The van der Waals surface area contributed by atoms with Gasteiger partial charge in [-0.1, -0.05) is 18.9 Å². The number of methoxy groups -OCH3 is 1. The first-order valence-electron chi connectivity index (χ1n) is 7.85. The number of nitrogens with two attached hydrogens (primary N) is 1. The molecule has 1 aromatic rings. The van der Waals surface area contributed by atoms with Crippen LogP contribution < -0.4 is 15.2 Å². The van der Waals surface area contributed by atoms with Crippen LogP contribution in [0.3, 0.4) is 0 Å². The predicted octanol–water partition coefficient (Wildman–Crippen LogP) is 3.74. The number of benzene rings is 1. The van der Waals surface area contributed by atoms with Crippen LogP contribution in [0.15, 0.2) is 18.2 Å². The lowest BCUT2D eigenvalue weighted by Crippen LogP contribution is -2.33. The van der Waals surface area contributed by atoms with Gasteiger partial charge in [-0.25, -0.2) is 0 Å². The van der Waals surface area contributed by atoms with Gasteiger partial charge in [0.05, 0.1) is 13.2 Å². The molecule has 0 unspecified atom stereocenters. The normalized spacial score (nSPS) is 22.1. The van der Waals surface area contributed by atoms with Gasteiger partial charge >= 0.3 is 0 Å². The molecule has 3 rings (SSSR count). The highest BCUT2D eigenvalue weighted by molar-refractivity contribution is 5.45. The Kier molecular flexibility index (Phi) is 3.88. The van der Waals surface area contributed by atoms with Crippen molar-refractivity contribution in [3.8, 4) is 11.5 Å². The van der Waals surface area contributed by atoms with Gasteiger partial charge in [0.15, 0.2) is 11.5 Å². The number of rotatable bonds is 4. The highest BCUT2D eigenvalue weighted by atomic mass is 16.5. The highest BCUT2D eigenvalue weighted by Gasteiger charge is 2.32. The van der Waals surface area contributed by atoms with Crippen LogP contribution in [0.1, 0.15) is 56.9 Å². The summed E-state index contributed by atoms with van der Waals surface area (Å²) in [7, 11) is 1.70. The standard InChI is InChI=1S/C17H25NO2/c1-19-15-9-8-13(17(18)10-4-5-11-17)12-16(15)20-14-6-2-3-7-14/h8-9,12,14H,2-7,10-11,18H2,1H3. The Balaban J connectivity index is 1.85. The fourth-order valence-corrected chi connectivity index (χ4v) is 3.56. The third-order valence-electron chi connectivity index (χ3n) is 4.83. The average molecular weight is 275 g/mol. The molecule has 0 radical (unpaired) electrons. The maximum absolute atomic E-state index is 6.55. The summed E-state index contributed by atoms with van der Waals surface area (Å²) in [6, 6.07) is 6.22. The summed E-state index contributed by atoms with van der Waals surface area (Å²) < 4.78 is 11.6. The zero-order chi connectivity index (χ0) is 14.0. The van der Waals surface area contributed by atoms with Crippen molar-refractivity contribution in [2.75, 3.05) is 7.11 Å². The monoisotopic (exact) mass is 275 g/mol. The summed E-state index contributed by atoms with van der Waals surface area (Å²) in [6.45, 7) is 0. The van der Waals surface area contributed by atoms with Crippen molar-refractivity contribution >= 4 is 0 Å². The minimum atomic E-state index is -0.167. The zero-order valence-electron chi connectivity index (χ0n) is 12.4. The number of ether oxygens (including phenoxy) is 2. The van der Waals surface area contributed by atoms with E-state index in [1.165, 1.54) is 31.2 Å². The van der Waals surface area contributed by atoms with Gasteiger partial charge in [-0.2, -0.15) is 0 Å². The number of hydrogen-bond acceptors (Lipinski definition) is 3. The fourth-order valence-electron chi connectivity index (χ4n) is 3.56. The van der Waals surface area contributed by atoms with Crippen LogP contribution in [0.25, 0.3) is 0 Å². The minimum absolute atomic E-state index is 0.167. The van der Waals surface area contributed by atoms with Gasteiger partial charge in [-0.15, -0.1) is 0 Å². The van der Waals surface area contributed by atoms with E-state index in [0.29, 0.717) is 6.10 Å². The van der Waals surface area contributed by atoms with Crippen molar-refractivity contribution in [2.24, 2.45) is 5.73 Å². The van der Waals surface area contributed by atoms with E-state index < -0.39 is 0 Å². The largest absolute Gasteiger partial charge is 0.493 e. The van der Waals surface area contributed by atoms with Crippen LogP contribution in [0.5, 0.6) is 11.5 Å². The summed E-state index contributed by atoms with van der Waals surface area (Å²) in [5, 5.41) is 0. The quantitative estimate of drug-likeness (QED) is 0.910. The number of hydrogen-bond donors (Lipinski definition) is 1. The molecule has 3 nitrogen and oxygen atoms in total. The molecule has 0 saturated heterocycles. The molecule has 20 heavy (non-hydrogen) atoms. The second kappa shape index (κ2) is 5.65. The van der Waals surface area contributed by atoms with Gasteiger partial charge in [0.25, 0.3) is 0 Å². The van der Waals surface area contributed by atoms with E-state index in [-0.39, 0.29) is 5.54 Å². The van der Waals surface area contributed by atoms with Gasteiger partial charge < -0.3 is 15.2 Å². The van der Waals surface area contributed by atoms with E-state index in [4.69, 9.17) is 15.2 Å². The van der Waals surface area contributed by atoms with Gasteiger partial charge in [-0.05, 0) is 56.2 Å². The summed E-state index contributed by atoms with van der Waals surface area (Å²) in [4.78, 5) is 0. The first-order valence-corrected chi connectivity index (χ1v) is 7.85. The molecule has 0 bridgehead atoms. The summed E-state index contributed by atoms with van der Waals surface area (Å²) in [5.41, 5.74) is 7.58. The van der Waals surface area contributed by atoms with E-state index in [0.717, 1.165) is 37.2 Å². The summed E-state index contributed by atoms with van der Waals surface area (Å²) in [5.74, 6) is 1.69. The van der Waals surface area contributed by atoms with Crippen molar-refractivity contribution in [1.29, 1.82) is 0 Å². The first-order chi connectivity index (χ1) is 9.71. The third-order valence-corrected chi connectivity index (χ3v) is 4.83. The lowest BCUT2D eigenvalue weighted by atomic mass is 9.89. The summed E-state index contributed by atoms with van der Waals surface area (Å²) in [6.07, 6.45) is 9.78. The van der Waals surface area contributed by atoms with Crippen molar-refractivity contribution in [3.63, 3.8) is 0 Å². The molecule has 0 amide bonds. The molecule has 0 heterocycles. The van der Waals surface area contributed by atoms with E-state index in [1.807, 2.05) is 6.07 Å². The van der Waals surface area contributed by atoms with E-state index in [2.05, 4.69) is 12.1 Å². The SMILES string of the molecule is COc1ccc(C2(N)CCCC2)cc1OC1CCCC1. The Morgan fingerprint density at radius 2 is 1.75 bits per heavy atom. The van der Waals surface area contributed by atoms with Gasteiger partial charge in [0.2, 0.25) is 0 Å². The second-order valence-corrected chi connectivity index (χ2v) is 6.25. The van der Waals surface area contributed by atoms with E-state index >= 15 is 0 Å². The highest BCUT2D eigenvalue weighted by Crippen LogP contribution is 2.40. The lowest BCUT2D eigenvalue weighted by molar-refractivity contribution is 0.200. The Morgan fingerprint density at radius 1 is 1.05 bits per heavy atom. The molecular formula is C17H25NO2. The van der Waals surface area contributed by atoms with E-state index in [1.54, 1.807) is 7.11 Å². The molecule has 1 aromatic carbocycles. The van der Waals surface area contributed by atoms with Crippen LogP contribution in [0, 0.1) is 0 Å². The van der Waals surface area contributed by atoms with Crippen LogP contribution in [0.2, 0.25) is 0 Å². The Hall–Kier alpha value is -1.22. The molecule has 2 aliphatic carbocycles. The van der Waals surface area contributed by atoms with Crippen molar-refractivity contribution in [3.05, 3.63) is 23.8 Å². The van der Waals surface area contributed by atoms with Gasteiger partial charge in [0.1, 0.15) is 0 Å². The second-order valence-electron chi connectivity index (χ2n) is 6.25. The Labute approximate surface area is 121 Å². The smallest absolute Gasteiger partial charge is 0.161 e. The average Bonchev–Trinajstić information content (AvgIpc) is 3.11. The minimum Gasteiger partial charge on any atom is -0.493 e. The first kappa shape index (κ1) is 13.7. The molecule has 110 valence electrons. The maximum Gasteiger partial charge on any atom is 0.161 e. The van der Waals surface area contributed by atoms with Crippen LogP contribution in [-0.2, 0) is 5.54 Å². The topological polar surface area (TPSA) is 44.5 Å². The molecule has 2 aliphatic rings. The molecule has 2 fully saturated rings. The van der Waals surface area contributed by atoms with Crippen LogP contribution in [-0.4, -0.2) is 13.2 Å². The molecule has 2 saturated carbocycles. The van der Waals surface area contributed by atoms with Crippen LogP contribution >= 0.6 is 0 Å². The van der Waals surface area contributed by atoms with Crippen molar-refractivity contribution < 1.29 is 9.47 Å². The van der Waals surface area contributed by atoms with Crippen molar-refractivity contribution in [2.45, 2.75) is 63.0 Å².